The Morgan fingerprint density at radius 1 is 1.42 bits per heavy atom. The zero-order valence-electron chi connectivity index (χ0n) is 6.40. The zero-order chi connectivity index (χ0) is 9.14. The van der Waals surface area contributed by atoms with Gasteiger partial charge in [-0.3, -0.25) is 0 Å². The largest absolute Gasteiger partial charge is 0.491 e. The second-order valence-electron chi connectivity index (χ2n) is 2.13. The summed E-state index contributed by atoms with van der Waals surface area (Å²) in [5.74, 6) is 0.712. The van der Waals surface area contributed by atoms with Gasteiger partial charge in [-0.25, -0.2) is 0 Å². The topological polar surface area (TPSA) is 9.23 Å². The fourth-order valence-corrected chi connectivity index (χ4v) is 2.48. The summed E-state index contributed by atoms with van der Waals surface area (Å²) in [6.07, 6.45) is 0. The van der Waals surface area contributed by atoms with Crippen LogP contribution >= 0.6 is 45.8 Å². The minimum Gasteiger partial charge on any atom is -0.491 e. The third-order valence-corrected chi connectivity index (χ3v) is 2.55. The maximum absolute atomic E-state index is 5.90. The summed E-state index contributed by atoms with van der Waals surface area (Å²) < 4.78 is 6.26. The second-order valence-corrected chi connectivity index (χ2v) is 4.14. The van der Waals surface area contributed by atoms with Gasteiger partial charge in [0.25, 0.3) is 0 Å². The minimum absolute atomic E-state index is 0.564. The molecule has 0 saturated carbocycles. The number of hydrogen-bond donors (Lipinski definition) is 0. The van der Waals surface area contributed by atoms with E-state index in [0.717, 1.165) is 3.57 Å². The van der Waals surface area contributed by atoms with E-state index >= 15 is 0 Å². The first-order valence-electron chi connectivity index (χ1n) is 3.42. The van der Waals surface area contributed by atoms with E-state index < -0.39 is 0 Å². The standard InChI is InChI=1S/C8H7Cl2IO/c1-2-12-8-6(10)3-5(9)4-7(8)11/h3-4H,2H2,1H3. The maximum Gasteiger partial charge on any atom is 0.151 e. The van der Waals surface area contributed by atoms with Crippen molar-refractivity contribution < 1.29 is 4.74 Å². The highest BCUT2D eigenvalue weighted by Crippen LogP contribution is 2.33. The summed E-state index contributed by atoms with van der Waals surface area (Å²) in [6, 6.07) is 3.50. The van der Waals surface area contributed by atoms with Crippen LogP contribution in [0.3, 0.4) is 0 Å². The lowest BCUT2D eigenvalue weighted by molar-refractivity contribution is 0.338. The molecule has 0 saturated heterocycles. The molecule has 0 aromatic heterocycles. The molecule has 0 aliphatic heterocycles. The Morgan fingerprint density at radius 3 is 2.58 bits per heavy atom. The molecule has 0 aliphatic rings. The van der Waals surface area contributed by atoms with Gasteiger partial charge in [-0.15, -0.1) is 0 Å². The molecule has 1 nitrogen and oxygen atoms in total. The molecule has 1 aromatic rings. The Balaban J connectivity index is 3.10. The molecule has 0 heterocycles. The lowest BCUT2D eigenvalue weighted by atomic mass is 10.3. The Kier molecular flexibility index (Phi) is 3.93. The zero-order valence-corrected chi connectivity index (χ0v) is 10.1. The molecule has 0 spiro atoms. The van der Waals surface area contributed by atoms with Crippen LogP contribution in [-0.4, -0.2) is 6.61 Å². The van der Waals surface area contributed by atoms with Crippen LogP contribution in [0.15, 0.2) is 12.1 Å². The normalized spacial score (nSPS) is 10.0. The van der Waals surface area contributed by atoms with Gasteiger partial charge in [0, 0.05) is 5.02 Å². The lowest BCUT2D eigenvalue weighted by Gasteiger charge is -2.07. The van der Waals surface area contributed by atoms with E-state index in [2.05, 4.69) is 22.6 Å². The molecule has 0 aliphatic carbocycles. The first-order valence-corrected chi connectivity index (χ1v) is 5.26. The molecule has 0 unspecified atom stereocenters. The van der Waals surface area contributed by atoms with E-state index in [1.165, 1.54) is 0 Å². The summed E-state index contributed by atoms with van der Waals surface area (Å²) in [6.45, 7) is 2.53. The Labute approximate surface area is 95.1 Å². The SMILES string of the molecule is CCOc1c(Cl)cc(Cl)cc1I. The molecular formula is C8H7Cl2IO. The van der Waals surface area contributed by atoms with Gasteiger partial charge < -0.3 is 4.74 Å². The Morgan fingerprint density at radius 2 is 2.08 bits per heavy atom. The molecule has 0 fully saturated rings. The van der Waals surface area contributed by atoms with E-state index in [4.69, 9.17) is 27.9 Å². The van der Waals surface area contributed by atoms with Crippen LogP contribution in [0.1, 0.15) is 6.92 Å². The summed E-state index contributed by atoms with van der Waals surface area (Å²) >= 11 is 13.8. The molecule has 4 heteroatoms. The van der Waals surface area contributed by atoms with Crippen LogP contribution < -0.4 is 4.74 Å². The number of halogens is 3. The Bertz CT molecular complexity index is 265. The van der Waals surface area contributed by atoms with Crippen molar-refractivity contribution in [3.63, 3.8) is 0 Å². The van der Waals surface area contributed by atoms with E-state index in [1.807, 2.05) is 13.0 Å². The van der Waals surface area contributed by atoms with Crippen molar-refractivity contribution in [3.8, 4) is 5.75 Å². The van der Waals surface area contributed by atoms with E-state index in [-0.39, 0.29) is 0 Å². The average molecular weight is 317 g/mol. The van der Waals surface area contributed by atoms with Crippen molar-refractivity contribution in [1.82, 2.24) is 0 Å². The summed E-state index contributed by atoms with van der Waals surface area (Å²) in [5.41, 5.74) is 0. The smallest absolute Gasteiger partial charge is 0.151 e. The van der Waals surface area contributed by atoms with Crippen LogP contribution in [-0.2, 0) is 0 Å². The molecule has 0 amide bonds. The fourth-order valence-electron chi connectivity index (χ4n) is 0.811. The molecule has 66 valence electrons. The van der Waals surface area contributed by atoms with Crippen LogP contribution in [0.25, 0.3) is 0 Å². The monoisotopic (exact) mass is 316 g/mol. The predicted octanol–water partition coefficient (Wildman–Crippen LogP) is 4.00. The highest BCUT2D eigenvalue weighted by Gasteiger charge is 2.07. The first kappa shape index (κ1) is 10.4. The van der Waals surface area contributed by atoms with Crippen molar-refractivity contribution in [2.75, 3.05) is 6.61 Å². The highest BCUT2D eigenvalue weighted by atomic mass is 127. The molecule has 12 heavy (non-hydrogen) atoms. The van der Waals surface area contributed by atoms with Gasteiger partial charge in [-0.2, -0.15) is 0 Å². The second kappa shape index (κ2) is 4.53. The van der Waals surface area contributed by atoms with Crippen molar-refractivity contribution >= 4 is 45.8 Å². The number of rotatable bonds is 2. The molecule has 0 atom stereocenters. The van der Waals surface area contributed by atoms with Crippen LogP contribution in [0.4, 0.5) is 0 Å². The van der Waals surface area contributed by atoms with Gasteiger partial charge in [0.15, 0.2) is 5.75 Å². The van der Waals surface area contributed by atoms with Crippen molar-refractivity contribution in [1.29, 1.82) is 0 Å². The van der Waals surface area contributed by atoms with Crippen LogP contribution in [0.5, 0.6) is 5.75 Å². The van der Waals surface area contributed by atoms with Gasteiger partial charge in [0.2, 0.25) is 0 Å². The van der Waals surface area contributed by atoms with Crippen LogP contribution in [0.2, 0.25) is 10.0 Å². The molecular weight excluding hydrogens is 310 g/mol. The van der Waals surface area contributed by atoms with Crippen molar-refractivity contribution in [2.24, 2.45) is 0 Å². The van der Waals surface area contributed by atoms with Gasteiger partial charge in [0.05, 0.1) is 15.2 Å². The van der Waals surface area contributed by atoms with E-state index in [1.54, 1.807) is 6.07 Å². The fraction of sp³-hybridized carbons (Fsp3) is 0.250. The number of ether oxygens (including phenoxy) is 1. The average Bonchev–Trinajstić information content (AvgIpc) is 1.96. The predicted molar refractivity (Wildman–Crippen MR) is 60.3 cm³/mol. The quantitative estimate of drug-likeness (QED) is 0.749. The van der Waals surface area contributed by atoms with E-state index in [9.17, 15) is 0 Å². The van der Waals surface area contributed by atoms with Crippen molar-refractivity contribution in [3.05, 3.63) is 25.7 Å². The van der Waals surface area contributed by atoms with Gasteiger partial charge in [-0.1, -0.05) is 23.2 Å². The third kappa shape index (κ3) is 2.41. The Hall–Kier alpha value is 0.330. The first-order chi connectivity index (χ1) is 5.65. The summed E-state index contributed by atoms with van der Waals surface area (Å²) in [7, 11) is 0. The number of hydrogen-bond acceptors (Lipinski definition) is 1. The van der Waals surface area contributed by atoms with Gasteiger partial charge >= 0.3 is 0 Å². The molecule has 0 bridgehead atoms. The maximum atomic E-state index is 5.90. The minimum atomic E-state index is 0.564. The lowest BCUT2D eigenvalue weighted by Crippen LogP contribution is -1.94. The summed E-state index contributed by atoms with van der Waals surface area (Å²) in [5, 5.41) is 1.20. The molecule has 0 N–H and O–H groups in total. The molecule has 1 aromatic carbocycles. The molecule has 1 rings (SSSR count). The van der Waals surface area contributed by atoms with Crippen LogP contribution in [0, 0.1) is 3.57 Å². The van der Waals surface area contributed by atoms with Crippen molar-refractivity contribution in [2.45, 2.75) is 6.92 Å². The molecule has 0 radical (unpaired) electrons. The summed E-state index contributed by atoms with van der Waals surface area (Å²) in [4.78, 5) is 0. The highest BCUT2D eigenvalue weighted by molar-refractivity contribution is 14.1. The van der Waals surface area contributed by atoms with Gasteiger partial charge in [-0.05, 0) is 41.6 Å². The van der Waals surface area contributed by atoms with Gasteiger partial charge in [0.1, 0.15) is 0 Å². The third-order valence-electron chi connectivity index (χ3n) is 1.25. The number of benzene rings is 1. The van der Waals surface area contributed by atoms with E-state index in [0.29, 0.717) is 22.4 Å².